The van der Waals surface area contributed by atoms with Crippen LogP contribution in [-0.4, -0.2) is 12.5 Å². The van der Waals surface area contributed by atoms with Crippen molar-refractivity contribution in [2.45, 2.75) is 24.9 Å². The molecule has 1 saturated heterocycles. The van der Waals surface area contributed by atoms with Crippen LogP contribution in [0.15, 0.2) is 30.3 Å². The molecular weight excluding hydrogens is 172 g/mol. The molecule has 2 unspecified atom stereocenters. The minimum absolute atomic E-state index is 0.125. The quantitative estimate of drug-likeness (QED) is 0.742. The number of hydrogen-bond acceptors (Lipinski definition) is 1. The number of rotatable bonds is 2. The van der Waals surface area contributed by atoms with E-state index in [0.717, 1.165) is 5.56 Å². The molecule has 2 rings (SSSR count). The van der Waals surface area contributed by atoms with Gasteiger partial charge in [-0.05, 0) is 12.0 Å². The molecule has 70 valence electrons. The zero-order chi connectivity index (χ0) is 9.26. The van der Waals surface area contributed by atoms with Crippen LogP contribution in [0.3, 0.4) is 0 Å². The Kier molecular flexibility index (Phi) is 2.27. The molecule has 3 heteroatoms. The zero-order valence-electron chi connectivity index (χ0n) is 7.08. The highest BCUT2D eigenvalue weighted by molar-refractivity contribution is 5.21. The average Bonchev–Trinajstić information content (AvgIpc) is 2.02. The minimum Gasteiger partial charge on any atom is -0.302 e. The first-order valence-electron chi connectivity index (χ1n) is 4.36. The molecule has 1 N–H and O–H groups in total. The number of benzene rings is 1. The fourth-order valence-electron chi connectivity index (χ4n) is 1.58. The van der Waals surface area contributed by atoms with Crippen molar-refractivity contribution in [2.24, 2.45) is 0 Å². The lowest BCUT2D eigenvalue weighted by atomic mass is 9.91. The summed E-state index contributed by atoms with van der Waals surface area (Å²) in [4.78, 5) is 0. The van der Waals surface area contributed by atoms with E-state index in [4.69, 9.17) is 0 Å². The standard InChI is InChI=1S/C10H11F2N/c11-10(12)9-6-8(13-9)7-4-2-1-3-5-7/h1-5,8-10,13H,6H2. The highest BCUT2D eigenvalue weighted by Crippen LogP contribution is 2.30. The van der Waals surface area contributed by atoms with Gasteiger partial charge >= 0.3 is 0 Å². The Hall–Kier alpha value is -0.960. The Balaban J connectivity index is 1.94. The Labute approximate surface area is 75.8 Å². The number of nitrogens with one attached hydrogen (secondary N) is 1. The van der Waals surface area contributed by atoms with E-state index in [1.54, 1.807) is 0 Å². The highest BCUT2D eigenvalue weighted by Gasteiger charge is 2.35. The maximum atomic E-state index is 12.1. The predicted octanol–water partition coefficient (Wildman–Crippen LogP) is 2.35. The van der Waals surface area contributed by atoms with Gasteiger partial charge in [-0.1, -0.05) is 30.3 Å². The Bertz CT molecular complexity index is 268. The van der Waals surface area contributed by atoms with Crippen molar-refractivity contribution in [3.8, 4) is 0 Å². The molecule has 1 heterocycles. The van der Waals surface area contributed by atoms with Crippen molar-refractivity contribution in [1.82, 2.24) is 5.32 Å². The lowest BCUT2D eigenvalue weighted by Gasteiger charge is -2.37. The molecule has 1 nitrogen and oxygen atoms in total. The molecule has 1 aromatic carbocycles. The van der Waals surface area contributed by atoms with Crippen molar-refractivity contribution < 1.29 is 8.78 Å². The van der Waals surface area contributed by atoms with E-state index in [-0.39, 0.29) is 6.04 Å². The maximum absolute atomic E-state index is 12.1. The van der Waals surface area contributed by atoms with Gasteiger partial charge in [-0.3, -0.25) is 0 Å². The molecule has 1 fully saturated rings. The molecule has 1 aliphatic rings. The van der Waals surface area contributed by atoms with Crippen molar-refractivity contribution in [3.63, 3.8) is 0 Å². The van der Waals surface area contributed by atoms with E-state index in [1.165, 1.54) is 0 Å². The van der Waals surface area contributed by atoms with Crippen LogP contribution in [0.1, 0.15) is 18.0 Å². The summed E-state index contributed by atoms with van der Waals surface area (Å²) in [6.45, 7) is 0. The first kappa shape index (κ1) is 8.63. The van der Waals surface area contributed by atoms with E-state index < -0.39 is 12.5 Å². The summed E-state index contributed by atoms with van der Waals surface area (Å²) in [6, 6.07) is 9.20. The summed E-state index contributed by atoms with van der Waals surface area (Å²) < 4.78 is 24.2. The lowest BCUT2D eigenvalue weighted by Crippen LogP contribution is -2.50. The van der Waals surface area contributed by atoms with Crippen LogP contribution in [0.4, 0.5) is 8.78 Å². The SMILES string of the molecule is FC(F)C1CC(c2ccccc2)N1. The summed E-state index contributed by atoms with van der Waals surface area (Å²) in [5.41, 5.74) is 1.10. The Morgan fingerprint density at radius 1 is 1.23 bits per heavy atom. The second-order valence-electron chi connectivity index (χ2n) is 3.31. The molecule has 13 heavy (non-hydrogen) atoms. The van der Waals surface area contributed by atoms with Crippen LogP contribution in [0.2, 0.25) is 0 Å². The van der Waals surface area contributed by atoms with Gasteiger partial charge in [0.05, 0.1) is 6.04 Å². The van der Waals surface area contributed by atoms with E-state index in [1.807, 2.05) is 30.3 Å². The Morgan fingerprint density at radius 2 is 1.85 bits per heavy atom. The third-order valence-corrected chi connectivity index (χ3v) is 2.41. The lowest BCUT2D eigenvalue weighted by molar-refractivity contribution is 0.0445. The van der Waals surface area contributed by atoms with Crippen molar-refractivity contribution >= 4 is 0 Å². The average molecular weight is 183 g/mol. The highest BCUT2D eigenvalue weighted by atomic mass is 19.3. The summed E-state index contributed by atoms with van der Waals surface area (Å²) in [6.07, 6.45) is -1.69. The summed E-state index contributed by atoms with van der Waals surface area (Å²) in [5.74, 6) is 0. The predicted molar refractivity (Wildman–Crippen MR) is 46.7 cm³/mol. The van der Waals surface area contributed by atoms with Gasteiger partial charge in [-0.25, -0.2) is 8.78 Å². The molecule has 0 spiro atoms. The third kappa shape index (κ3) is 1.70. The van der Waals surface area contributed by atoms with E-state index in [9.17, 15) is 8.78 Å². The molecule has 0 saturated carbocycles. The monoisotopic (exact) mass is 183 g/mol. The molecule has 0 bridgehead atoms. The van der Waals surface area contributed by atoms with Gasteiger partial charge in [-0.2, -0.15) is 0 Å². The second-order valence-corrected chi connectivity index (χ2v) is 3.31. The van der Waals surface area contributed by atoms with Crippen LogP contribution in [0, 0.1) is 0 Å². The molecular formula is C10H11F2N. The molecule has 0 aliphatic carbocycles. The maximum Gasteiger partial charge on any atom is 0.253 e. The van der Waals surface area contributed by atoms with Crippen LogP contribution in [0.5, 0.6) is 0 Å². The normalized spacial score (nSPS) is 27.3. The molecule has 0 amide bonds. The molecule has 1 aromatic rings. The molecule has 1 aliphatic heterocycles. The van der Waals surface area contributed by atoms with Gasteiger partial charge in [0.1, 0.15) is 0 Å². The zero-order valence-corrected chi connectivity index (χ0v) is 7.08. The Morgan fingerprint density at radius 3 is 2.38 bits per heavy atom. The van der Waals surface area contributed by atoms with E-state index in [2.05, 4.69) is 5.32 Å². The first-order chi connectivity index (χ1) is 6.27. The number of alkyl halides is 2. The topological polar surface area (TPSA) is 12.0 Å². The summed E-state index contributed by atoms with van der Waals surface area (Å²) in [5, 5.41) is 2.85. The third-order valence-electron chi connectivity index (χ3n) is 2.41. The molecule has 0 aromatic heterocycles. The minimum atomic E-state index is -2.24. The van der Waals surface area contributed by atoms with Crippen LogP contribution >= 0.6 is 0 Å². The fraction of sp³-hybridized carbons (Fsp3) is 0.400. The number of halogens is 2. The van der Waals surface area contributed by atoms with Gasteiger partial charge in [0.15, 0.2) is 0 Å². The van der Waals surface area contributed by atoms with Crippen LogP contribution in [-0.2, 0) is 0 Å². The summed E-state index contributed by atoms with van der Waals surface area (Å²) >= 11 is 0. The van der Waals surface area contributed by atoms with E-state index >= 15 is 0 Å². The second kappa shape index (κ2) is 3.42. The first-order valence-corrected chi connectivity index (χ1v) is 4.36. The van der Waals surface area contributed by atoms with E-state index in [0.29, 0.717) is 6.42 Å². The largest absolute Gasteiger partial charge is 0.302 e. The van der Waals surface area contributed by atoms with Gasteiger partial charge in [0.25, 0.3) is 6.43 Å². The van der Waals surface area contributed by atoms with Gasteiger partial charge in [0.2, 0.25) is 0 Å². The molecule has 0 radical (unpaired) electrons. The molecule has 2 atom stereocenters. The smallest absolute Gasteiger partial charge is 0.253 e. The van der Waals surface area contributed by atoms with Gasteiger partial charge < -0.3 is 5.32 Å². The summed E-state index contributed by atoms with van der Waals surface area (Å²) in [7, 11) is 0. The van der Waals surface area contributed by atoms with Crippen LogP contribution in [0.25, 0.3) is 0 Å². The fourth-order valence-corrected chi connectivity index (χ4v) is 1.58. The van der Waals surface area contributed by atoms with Crippen molar-refractivity contribution in [3.05, 3.63) is 35.9 Å². The van der Waals surface area contributed by atoms with Crippen molar-refractivity contribution in [1.29, 1.82) is 0 Å². The number of hydrogen-bond donors (Lipinski definition) is 1. The van der Waals surface area contributed by atoms with Gasteiger partial charge in [-0.15, -0.1) is 0 Å². The van der Waals surface area contributed by atoms with Crippen LogP contribution < -0.4 is 5.32 Å². The van der Waals surface area contributed by atoms with Crippen molar-refractivity contribution in [2.75, 3.05) is 0 Å². The van der Waals surface area contributed by atoms with Gasteiger partial charge in [0, 0.05) is 6.04 Å².